The number of aryl methyl sites for hydroxylation is 2. The average Bonchev–Trinajstić information content (AvgIpc) is 3.62. The largest absolute Gasteiger partial charge is 0.493 e. The molecule has 0 unspecified atom stereocenters. The van der Waals surface area contributed by atoms with E-state index >= 15 is 0 Å². The first kappa shape index (κ1) is 31.1. The molecular formula is C34H30N4O6S2. The Morgan fingerprint density at radius 2 is 1.74 bits per heavy atom. The van der Waals surface area contributed by atoms with Gasteiger partial charge in [-0.25, -0.2) is 19.8 Å². The Hall–Kier alpha value is -4.94. The Morgan fingerprint density at radius 3 is 2.43 bits per heavy atom. The molecule has 0 spiro atoms. The first-order valence-corrected chi connectivity index (χ1v) is 16.0. The Bertz CT molecular complexity index is 2130. The molecule has 10 nitrogen and oxygen atoms in total. The van der Waals surface area contributed by atoms with Crippen LogP contribution in [0.2, 0.25) is 0 Å². The van der Waals surface area contributed by atoms with E-state index in [1.807, 2.05) is 62.4 Å². The zero-order valence-corrected chi connectivity index (χ0v) is 27.4. The summed E-state index contributed by atoms with van der Waals surface area (Å²) in [5, 5.41) is 1.16. The van der Waals surface area contributed by atoms with Gasteiger partial charge in [-0.1, -0.05) is 47.7 Å². The molecule has 1 aliphatic rings. The van der Waals surface area contributed by atoms with Gasteiger partial charge in [0.25, 0.3) is 5.56 Å². The van der Waals surface area contributed by atoms with Crippen molar-refractivity contribution in [1.82, 2.24) is 14.5 Å². The quantitative estimate of drug-likeness (QED) is 0.158. The van der Waals surface area contributed by atoms with Gasteiger partial charge in [0.15, 0.2) is 26.5 Å². The standard InChI is InChI=1S/C34H30N4O6S2/c1-6-43-32(40)28-29(21-10-8-7-9-11-21)37-34-38(30(28)22-12-14-24(41-4)25(17-22)42-5)31(39)26(45-34)18-23-13-15-27(44-23)46-33-35-19(2)16-20(3)36-33/h7-18,30H,6H2,1-5H3/b26-18+/t30-/m0/s1. The van der Waals surface area contributed by atoms with E-state index in [1.54, 1.807) is 38.3 Å². The molecule has 0 saturated heterocycles. The lowest BCUT2D eigenvalue weighted by Gasteiger charge is -2.26. The maximum Gasteiger partial charge on any atom is 0.338 e. The van der Waals surface area contributed by atoms with Crippen LogP contribution in [0, 0.1) is 13.8 Å². The third kappa shape index (κ3) is 6.13. The van der Waals surface area contributed by atoms with E-state index in [2.05, 4.69) is 9.97 Å². The van der Waals surface area contributed by atoms with E-state index in [1.165, 1.54) is 34.8 Å². The normalized spacial score (nSPS) is 14.5. The molecule has 0 bridgehead atoms. The molecule has 234 valence electrons. The van der Waals surface area contributed by atoms with Crippen LogP contribution < -0.4 is 24.4 Å². The summed E-state index contributed by atoms with van der Waals surface area (Å²) in [6.07, 6.45) is 1.68. The highest BCUT2D eigenvalue weighted by Gasteiger charge is 2.35. The van der Waals surface area contributed by atoms with Crippen molar-refractivity contribution < 1.29 is 23.4 Å². The molecule has 0 aliphatic carbocycles. The maximum atomic E-state index is 14.2. The van der Waals surface area contributed by atoms with Gasteiger partial charge in [-0.3, -0.25) is 9.36 Å². The van der Waals surface area contributed by atoms with Crippen LogP contribution in [0.1, 0.15) is 41.2 Å². The zero-order chi connectivity index (χ0) is 32.4. The number of furan rings is 1. The summed E-state index contributed by atoms with van der Waals surface area (Å²) >= 11 is 2.51. The second-order valence-electron chi connectivity index (χ2n) is 10.2. The fourth-order valence-electron chi connectivity index (χ4n) is 5.20. The van der Waals surface area contributed by atoms with Crippen molar-refractivity contribution in [3.8, 4) is 11.5 Å². The van der Waals surface area contributed by atoms with Gasteiger partial charge in [0.05, 0.1) is 42.7 Å². The summed E-state index contributed by atoms with van der Waals surface area (Å²) in [6.45, 7) is 5.72. The highest BCUT2D eigenvalue weighted by Crippen LogP contribution is 2.38. The first-order valence-electron chi connectivity index (χ1n) is 14.4. The summed E-state index contributed by atoms with van der Waals surface area (Å²) in [6, 6.07) is 19.3. The number of fused-ring (bicyclic) bond motifs is 1. The highest BCUT2D eigenvalue weighted by molar-refractivity contribution is 7.99. The smallest absolute Gasteiger partial charge is 0.338 e. The van der Waals surface area contributed by atoms with Crippen molar-refractivity contribution in [2.45, 2.75) is 37.1 Å². The molecule has 0 N–H and O–H groups in total. The number of carbonyl (C=O) groups is 1. The van der Waals surface area contributed by atoms with Crippen LogP contribution in [0.3, 0.4) is 0 Å². The summed E-state index contributed by atoms with van der Waals surface area (Å²) in [5.74, 6) is 0.881. The van der Waals surface area contributed by atoms with Crippen LogP contribution in [0.5, 0.6) is 11.5 Å². The average molecular weight is 655 g/mol. The fourth-order valence-corrected chi connectivity index (χ4v) is 7.02. The van der Waals surface area contributed by atoms with Crippen LogP contribution in [0.25, 0.3) is 11.8 Å². The van der Waals surface area contributed by atoms with Crippen molar-refractivity contribution >= 4 is 40.8 Å². The molecule has 4 heterocycles. The molecule has 0 fully saturated rings. The lowest BCUT2D eigenvalue weighted by molar-refractivity contribution is -0.138. The molecule has 12 heteroatoms. The Balaban J connectivity index is 1.52. The summed E-state index contributed by atoms with van der Waals surface area (Å²) < 4.78 is 24.6. The lowest BCUT2D eigenvalue weighted by atomic mass is 9.93. The molecule has 0 amide bonds. The minimum atomic E-state index is -0.864. The molecule has 6 rings (SSSR count). The minimum Gasteiger partial charge on any atom is -0.493 e. The second kappa shape index (κ2) is 13.2. The summed E-state index contributed by atoms with van der Waals surface area (Å²) in [4.78, 5) is 42.2. The molecule has 3 aromatic heterocycles. The highest BCUT2D eigenvalue weighted by atomic mass is 32.2. The van der Waals surface area contributed by atoms with Crippen LogP contribution in [0.4, 0.5) is 0 Å². The fraction of sp³-hybridized carbons (Fsp3) is 0.206. The van der Waals surface area contributed by atoms with Crippen molar-refractivity contribution in [2.75, 3.05) is 20.8 Å². The Labute approximate surface area is 272 Å². The van der Waals surface area contributed by atoms with Gasteiger partial charge >= 0.3 is 5.97 Å². The monoisotopic (exact) mass is 654 g/mol. The van der Waals surface area contributed by atoms with Gasteiger partial charge in [-0.05, 0) is 68.4 Å². The SMILES string of the molecule is CCOC(=O)C1=C(c2ccccc2)N=c2s/c(=C/c3ccc(Sc4nc(C)cc(C)n4)o3)c(=O)n2[C@H]1c1ccc(OC)c(OC)c1. The van der Waals surface area contributed by atoms with E-state index in [0.717, 1.165) is 17.0 Å². The minimum absolute atomic E-state index is 0.152. The van der Waals surface area contributed by atoms with Crippen molar-refractivity contribution in [3.05, 3.63) is 120 Å². The van der Waals surface area contributed by atoms with Gasteiger partial charge in [-0.15, -0.1) is 0 Å². The molecule has 2 aromatic carbocycles. The number of hydrogen-bond acceptors (Lipinski definition) is 11. The third-order valence-corrected chi connectivity index (χ3v) is 8.89. The molecule has 5 aromatic rings. The number of rotatable bonds is 9. The van der Waals surface area contributed by atoms with Crippen LogP contribution >= 0.6 is 23.1 Å². The van der Waals surface area contributed by atoms with Gasteiger partial charge in [-0.2, -0.15) is 0 Å². The molecule has 1 aliphatic heterocycles. The predicted octanol–water partition coefficient (Wildman–Crippen LogP) is 5.10. The number of thiazole rings is 1. The van der Waals surface area contributed by atoms with Gasteiger partial charge in [0.1, 0.15) is 5.76 Å². The van der Waals surface area contributed by atoms with Gasteiger partial charge in [0.2, 0.25) is 0 Å². The Kier molecular flexibility index (Phi) is 8.91. The number of methoxy groups -OCH3 is 2. The van der Waals surface area contributed by atoms with Crippen molar-refractivity contribution in [3.63, 3.8) is 0 Å². The Morgan fingerprint density at radius 1 is 1.00 bits per heavy atom. The molecule has 46 heavy (non-hydrogen) atoms. The molecule has 0 saturated carbocycles. The van der Waals surface area contributed by atoms with Crippen molar-refractivity contribution in [2.24, 2.45) is 4.99 Å². The van der Waals surface area contributed by atoms with E-state index in [4.69, 9.17) is 23.6 Å². The number of ether oxygens (including phenoxy) is 3. The summed E-state index contributed by atoms with van der Waals surface area (Å²) in [7, 11) is 3.08. The molecule has 1 atom stereocenters. The van der Waals surface area contributed by atoms with Crippen LogP contribution in [0.15, 0.2) is 96.8 Å². The number of aromatic nitrogens is 3. The lowest BCUT2D eigenvalue weighted by Crippen LogP contribution is -2.40. The van der Waals surface area contributed by atoms with Gasteiger partial charge < -0.3 is 18.6 Å². The van der Waals surface area contributed by atoms with Crippen LogP contribution in [-0.4, -0.2) is 41.3 Å². The van der Waals surface area contributed by atoms with E-state index in [9.17, 15) is 9.59 Å². The molecular weight excluding hydrogens is 625 g/mol. The van der Waals surface area contributed by atoms with Crippen LogP contribution in [-0.2, 0) is 9.53 Å². The number of carbonyl (C=O) groups excluding carboxylic acids is 1. The van der Waals surface area contributed by atoms with Crippen molar-refractivity contribution in [1.29, 1.82) is 0 Å². The maximum absolute atomic E-state index is 14.2. The molecule has 0 radical (unpaired) electrons. The number of hydrogen-bond donors (Lipinski definition) is 0. The number of esters is 1. The van der Waals surface area contributed by atoms with E-state index < -0.39 is 12.0 Å². The number of nitrogens with zero attached hydrogens (tertiary/aromatic N) is 4. The van der Waals surface area contributed by atoms with E-state index in [-0.39, 0.29) is 17.7 Å². The number of benzene rings is 2. The topological polar surface area (TPSA) is 118 Å². The zero-order valence-electron chi connectivity index (χ0n) is 25.8. The second-order valence-corrected chi connectivity index (χ2v) is 12.2. The predicted molar refractivity (Wildman–Crippen MR) is 175 cm³/mol. The third-order valence-electron chi connectivity index (χ3n) is 7.13. The first-order chi connectivity index (χ1) is 22.3. The van der Waals surface area contributed by atoms with E-state index in [0.29, 0.717) is 48.1 Å². The summed E-state index contributed by atoms with van der Waals surface area (Å²) in [5.41, 5.74) is 3.41. The van der Waals surface area contributed by atoms with Gasteiger partial charge in [0, 0.05) is 23.0 Å².